The minimum atomic E-state index is -0.0290. The number of piperidine rings is 2. The first-order valence-electron chi connectivity index (χ1n) is 27.6. The number of carbonyl (C=O) groups is 2. The van der Waals surface area contributed by atoms with Crippen molar-refractivity contribution in [2.24, 2.45) is 4.99 Å². The molecule has 0 saturated carbocycles. The third-order valence-corrected chi connectivity index (χ3v) is 15.2. The van der Waals surface area contributed by atoms with Gasteiger partial charge in [0.2, 0.25) is 0 Å². The standard InChI is InChI=1S/C21H16N2.C17H25NO2.C14H13N.C10H21N.C8H7BrO/c1-4-10-17(11-5-1)20-16-21(18-12-6-2-7-13-18)23(22-20)19-14-8-3-9-15-19;1-16(2)11-8-12-17(3,4)18(16)20-13-15(19)14-9-6-5-7-10-14;1-3-7-13(8-4-1)11-15-12-14-9-5-2-6-10-14;1-9(2)7-6-8-10(3,4)11(9)5;9-6-8(10)7-4-2-1-3-5-7/h1-16H;5-7,9-10H,8,11-13H2,1-4H3;1-11H,12H2;6-8H2,1-5H3;1-5H,6H2. The van der Waals surface area contributed by atoms with Crippen LogP contribution >= 0.6 is 15.9 Å². The second-order valence-electron chi connectivity index (χ2n) is 22.6. The number of nitrogens with zero attached hydrogens (tertiary/aromatic N) is 5. The quantitative estimate of drug-likeness (QED) is 0.0689. The molecule has 2 fully saturated rings. The second kappa shape index (κ2) is 29.9. The highest BCUT2D eigenvalue weighted by Gasteiger charge is 2.43. The molecule has 0 amide bonds. The van der Waals surface area contributed by atoms with Crippen molar-refractivity contribution in [1.82, 2.24) is 19.7 Å². The molecule has 2 aliphatic rings. The smallest absolute Gasteiger partial charge is 0.190 e. The van der Waals surface area contributed by atoms with E-state index in [1.165, 1.54) is 31.2 Å². The summed E-state index contributed by atoms with van der Waals surface area (Å²) in [6.45, 7) is 18.9. The first-order valence-corrected chi connectivity index (χ1v) is 28.8. The van der Waals surface area contributed by atoms with E-state index in [9.17, 15) is 9.59 Å². The Balaban J connectivity index is 0.000000165. The zero-order chi connectivity index (χ0) is 56.7. The van der Waals surface area contributed by atoms with Gasteiger partial charge in [-0.05, 0) is 130 Å². The van der Waals surface area contributed by atoms with Crippen LogP contribution in [0.4, 0.5) is 0 Å². The molecule has 0 unspecified atom stereocenters. The molecule has 0 N–H and O–H groups in total. The highest BCUT2D eigenvalue weighted by molar-refractivity contribution is 9.09. The molecule has 0 spiro atoms. The normalized spacial score (nSPS) is 16.0. The van der Waals surface area contributed by atoms with Crippen LogP contribution in [0, 0.1) is 0 Å². The van der Waals surface area contributed by atoms with Gasteiger partial charge in [-0.25, -0.2) is 4.68 Å². The molecule has 7 aromatic carbocycles. The Labute approximate surface area is 480 Å². The molecule has 8 aromatic rings. The molecule has 3 heterocycles. The van der Waals surface area contributed by atoms with Gasteiger partial charge >= 0.3 is 0 Å². The fourth-order valence-electron chi connectivity index (χ4n) is 10.1. The van der Waals surface area contributed by atoms with Crippen LogP contribution < -0.4 is 0 Å². The number of aliphatic imine (C=N–C) groups is 1. The van der Waals surface area contributed by atoms with Gasteiger partial charge in [0.05, 0.1) is 29.0 Å². The fourth-order valence-corrected chi connectivity index (χ4v) is 10.4. The van der Waals surface area contributed by atoms with E-state index in [-0.39, 0.29) is 29.3 Å². The third-order valence-electron chi connectivity index (χ3n) is 14.7. The first kappa shape index (κ1) is 61.3. The fraction of sp³-hybridized carbons (Fsp3) is 0.314. The zero-order valence-electron chi connectivity index (χ0n) is 48.1. The van der Waals surface area contributed by atoms with E-state index < -0.39 is 0 Å². The van der Waals surface area contributed by atoms with E-state index in [2.05, 4.69) is 167 Å². The minimum Gasteiger partial charge on any atom is -0.296 e. The number of Topliss-reactive ketones (excluding diaryl/α,β-unsaturated/α-hetero) is 2. The van der Waals surface area contributed by atoms with Crippen LogP contribution in [0.5, 0.6) is 0 Å². The highest BCUT2D eigenvalue weighted by atomic mass is 79.9. The van der Waals surface area contributed by atoms with Gasteiger partial charge in [-0.1, -0.05) is 216 Å². The van der Waals surface area contributed by atoms with Gasteiger partial charge in [0.1, 0.15) is 6.61 Å². The number of rotatable bonds is 12. The maximum Gasteiger partial charge on any atom is 0.190 e. The molecule has 9 heteroatoms. The van der Waals surface area contributed by atoms with E-state index in [4.69, 9.17) is 9.94 Å². The molecule has 412 valence electrons. The number of likely N-dealkylation sites (tertiary alicyclic amines) is 1. The van der Waals surface area contributed by atoms with E-state index in [0.717, 1.165) is 58.7 Å². The van der Waals surface area contributed by atoms with Crippen molar-refractivity contribution in [1.29, 1.82) is 0 Å². The number of benzene rings is 7. The maximum absolute atomic E-state index is 12.2. The summed E-state index contributed by atoms with van der Waals surface area (Å²) in [6, 6.07) is 72.0. The third kappa shape index (κ3) is 18.9. The number of alkyl halides is 1. The molecule has 0 radical (unpaired) electrons. The number of para-hydroxylation sites is 1. The van der Waals surface area contributed by atoms with Crippen LogP contribution in [0.1, 0.15) is 126 Å². The zero-order valence-corrected chi connectivity index (χ0v) is 49.7. The van der Waals surface area contributed by atoms with Gasteiger partial charge in [0.15, 0.2) is 11.6 Å². The van der Waals surface area contributed by atoms with E-state index in [1.54, 1.807) is 0 Å². The molecule has 2 aliphatic heterocycles. The monoisotopic (exact) mass is 1120 g/mol. The van der Waals surface area contributed by atoms with Crippen LogP contribution in [0.2, 0.25) is 0 Å². The van der Waals surface area contributed by atoms with Gasteiger partial charge in [0.25, 0.3) is 0 Å². The summed E-state index contributed by atoms with van der Waals surface area (Å²) >= 11 is 3.10. The molecular formula is C70H82BrN5O3. The van der Waals surface area contributed by atoms with E-state index in [0.29, 0.717) is 22.0 Å². The van der Waals surface area contributed by atoms with Gasteiger partial charge in [-0.2, -0.15) is 10.2 Å². The average molecular weight is 1120 g/mol. The lowest BCUT2D eigenvalue weighted by molar-refractivity contribution is -0.273. The van der Waals surface area contributed by atoms with Gasteiger partial charge in [-0.3, -0.25) is 24.3 Å². The predicted octanol–water partition coefficient (Wildman–Crippen LogP) is 17.3. The lowest BCUT2D eigenvalue weighted by atomic mass is 9.80. The van der Waals surface area contributed by atoms with Gasteiger partial charge in [0, 0.05) is 50.6 Å². The molecule has 79 heavy (non-hydrogen) atoms. The SMILES string of the molecule is C(=NCc1ccccc1)c1ccccc1.CC1(C)CCCC(C)(C)N1OCC(=O)c1ccccc1.CN1C(C)(C)CCCC1(C)C.O=C(CBr)c1ccccc1.c1ccc(-c2cc(-c3ccccc3)n(-c3ccccc3)n2)cc1. The first-order chi connectivity index (χ1) is 37.9. The summed E-state index contributed by atoms with van der Waals surface area (Å²) in [7, 11) is 2.25. The van der Waals surface area contributed by atoms with Crippen molar-refractivity contribution in [2.45, 2.75) is 123 Å². The molecule has 1 aromatic heterocycles. The van der Waals surface area contributed by atoms with E-state index in [1.807, 2.05) is 155 Å². The lowest BCUT2D eigenvalue weighted by Crippen LogP contribution is -2.58. The lowest BCUT2D eigenvalue weighted by Gasteiger charge is -2.51. The van der Waals surface area contributed by atoms with Crippen molar-refractivity contribution in [3.05, 3.63) is 241 Å². The Morgan fingerprint density at radius 1 is 0.532 bits per heavy atom. The minimum absolute atomic E-state index is 0.0290. The summed E-state index contributed by atoms with van der Waals surface area (Å²) < 4.78 is 2.01. The second-order valence-corrected chi connectivity index (χ2v) is 23.1. The van der Waals surface area contributed by atoms with Crippen molar-refractivity contribution in [2.75, 3.05) is 19.0 Å². The van der Waals surface area contributed by atoms with Crippen molar-refractivity contribution < 1.29 is 14.4 Å². The van der Waals surface area contributed by atoms with Crippen LogP contribution in [-0.2, 0) is 11.4 Å². The molecule has 0 atom stereocenters. The predicted molar refractivity (Wildman–Crippen MR) is 334 cm³/mol. The molecule has 2 saturated heterocycles. The average Bonchev–Trinajstić information content (AvgIpc) is 3.93. The van der Waals surface area contributed by atoms with Crippen molar-refractivity contribution in [3.63, 3.8) is 0 Å². The molecule has 10 rings (SSSR count). The largest absolute Gasteiger partial charge is 0.296 e. The maximum atomic E-state index is 12.2. The Kier molecular flexibility index (Phi) is 23.2. The Morgan fingerprint density at radius 3 is 1.41 bits per heavy atom. The Morgan fingerprint density at radius 2 is 0.937 bits per heavy atom. The van der Waals surface area contributed by atoms with Crippen molar-refractivity contribution in [3.8, 4) is 28.2 Å². The van der Waals surface area contributed by atoms with Gasteiger partial charge < -0.3 is 0 Å². The molecule has 8 nitrogen and oxygen atoms in total. The molecule has 0 bridgehead atoms. The van der Waals surface area contributed by atoms with E-state index >= 15 is 0 Å². The summed E-state index contributed by atoms with van der Waals surface area (Å²) in [5.41, 5.74) is 10.0. The summed E-state index contributed by atoms with van der Waals surface area (Å²) in [5.74, 6) is 0.156. The number of hydrogen-bond donors (Lipinski definition) is 0. The summed E-state index contributed by atoms with van der Waals surface area (Å²) in [4.78, 5) is 35.9. The number of ketones is 2. The molecule has 0 aliphatic carbocycles. The van der Waals surface area contributed by atoms with Crippen LogP contribution in [0.25, 0.3) is 28.2 Å². The van der Waals surface area contributed by atoms with Crippen LogP contribution in [0.3, 0.4) is 0 Å². The topological polar surface area (TPSA) is 80.0 Å². The van der Waals surface area contributed by atoms with Crippen molar-refractivity contribution >= 4 is 33.7 Å². The van der Waals surface area contributed by atoms with Crippen LogP contribution in [0.15, 0.2) is 223 Å². The number of halogens is 1. The molecular weight excluding hydrogens is 1040 g/mol. The summed E-state index contributed by atoms with van der Waals surface area (Å²) in [6.07, 6.45) is 9.36. The number of hydrogen-bond acceptors (Lipinski definition) is 7. The van der Waals surface area contributed by atoms with Crippen LogP contribution in [-0.4, -0.2) is 78.7 Å². The number of hydroxylamine groups is 2. The number of carbonyl (C=O) groups excluding carboxylic acids is 2. The Bertz CT molecular complexity index is 2970. The van der Waals surface area contributed by atoms with Gasteiger partial charge in [-0.15, -0.1) is 0 Å². The Hall–Kier alpha value is -6.88. The summed E-state index contributed by atoms with van der Waals surface area (Å²) in [5, 5.41) is 7.28. The number of aromatic nitrogens is 2. The highest BCUT2D eigenvalue weighted by Crippen LogP contribution is 2.39.